The molecular weight excluding hydrogens is 304 g/mol. The average molecular weight is 328 g/mol. The van der Waals surface area contributed by atoms with Gasteiger partial charge in [0, 0.05) is 38.2 Å². The lowest BCUT2D eigenvalue weighted by atomic mass is 10.0. The molecule has 0 saturated carbocycles. The van der Waals surface area contributed by atoms with Crippen molar-refractivity contribution in [1.82, 2.24) is 10.2 Å². The molecular formula is C19H24N2O3. The highest BCUT2D eigenvalue weighted by Crippen LogP contribution is 2.27. The monoisotopic (exact) mass is 328 g/mol. The smallest absolute Gasteiger partial charge is 0.317 e. The molecule has 24 heavy (non-hydrogen) atoms. The summed E-state index contributed by atoms with van der Waals surface area (Å²) in [5, 5.41) is 5.24. The van der Waals surface area contributed by atoms with Gasteiger partial charge in [0.1, 0.15) is 5.75 Å². The van der Waals surface area contributed by atoms with E-state index in [0.717, 1.165) is 48.3 Å². The minimum absolute atomic E-state index is 0.0723. The van der Waals surface area contributed by atoms with Crippen LogP contribution in [-0.2, 0) is 11.3 Å². The van der Waals surface area contributed by atoms with Gasteiger partial charge in [0.2, 0.25) is 0 Å². The van der Waals surface area contributed by atoms with E-state index < -0.39 is 0 Å². The number of rotatable bonds is 5. The third-order valence-electron chi connectivity index (χ3n) is 4.54. The Balaban J connectivity index is 1.69. The molecule has 1 aliphatic heterocycles. The molecule has 1 saturated heterocycles. The fraction of sp³-hybridized carbons (Fsp3) is 0.421. The largest absolute Gasteiger partial charge is 0.496 e. The van der Waals surface area contributed by atoms with Crippen LogP contribution >= 0.6 is 0 Å². The summed E-state index contributed by atoms with van der Waals surface area (Å²) >= 11 is 0. The first kappa shape index (κ1) is 16.6. The molecule has 1 N–H and O–H groups in total. The number of amides is 2. The Bertz CT molecular complexity index is 711. The Morgan fingerprint density at radius 1 is 1.33 bits per heavy atom. The van der Waals surface area contributed by atoms with Crippen molar-refractivity contribution in [2.45, 2.75) is 13.0 Å². The summed E-state index contributed by atoms with van der Waals surface area (Å²) in [6.45, 7) is 2.70. The summed E-state index contributed by atoms with van der Waals surface area (Å²) in [6, 6.07) is 12.0. The van der Waals surface area contributed by atoms with Crippen molar-refractivity contribution in [3.05, 3.63) is 42.0 Å². The predicted octanol–water partition coefficient (Wildman–Crippen LogP) is 3.03. The molecule has 5 heteroatoms. The Morgan fingerprint density at radius 3 is 2.92 bits per heavy atom. The van der Waals surface area contributed by atoms with E-state index in [1.165, 1.54) is 0 Å². The number of carbonyl (C=O) groups is 1. The van der Waals surface area contributed by atoms with Gasteiger partial charge >= 0.3 is 6.03 Å². The van der Waals surface area contributed by atoms with E-state index in [1.54, 1.807) is 12.0 Å². The van der Waals surface area contributed by atoms with E-state index in [2.05, 4.69) is 17.4 Å². The zero-order valence-electron chi connectivity index (χ0n) is 14.2. The Kier molecular flexibility index (Phi) is 5.20. The average Bonchev–Trinajstić information content (AvgIpc) is 3.12. The molecule has 0 spiro atoms. The van der Waals surface area contributed by atoms with Gasteiger partial charge in [-0.3, -0.25) is 0 Å². The first-order valence-electron chi connectivity index (χ1n) is 8.30. The number of benzene rings is 2. The van der Waals surface area contributed by atoms with Crippen LogP contribution in [-0.4, -0.2) is 44.8 Å². The second-order valence-corrected chi connectivity index (χ2v) is 6.24. The number of ether oxygens (including phenoxy) is 2. The highest BCUT2D eigenvalue weighted by atomic mass is 16.5. The van der Waals surface area contributed by atoms with Crippen molar-refractivity contribution < 1.29 is 14.3 Å². The maximum Gasteiger partial charge on any atom is 0.317 e. The lowest BCUT2D eigenvalue weighted by Gasteiger charge is -2.21. The van der Waals surface area contributed by atoms with Crippen LogP contribution in [0.1, 0.15) is 12.0 Å². The Hall–Kier alpha value is -2.27. The first-order chi connectivity index (χ1) is 11.7. The van der Waals surface area contributed by atoms with Crippen LogP contribution in [0.3, 0.4) is 0 Å². The zero-order valence-corrected chi connectivity index (χ0v) is 14.2. The highest BCUT2D eigenvalue weighted by molar-refractivity contribution is 5.88. The Morgan fingerprint density at radius 2 is 2.17 bits per heavy atom. The first-order valence-corrected chi connectivity index (χ1v) is 8.30. The molecule has 0 aliphatic carbocycles. The van der Waals surface area contributed by atoms with E-state index in [-0.39, 0.29) is 6.03 Å². The summed E-state index contributed by atoms with van der Waals surface area (Å²) < 4.78 is 10.8. The van der Waals surface area contributed by atoms with E-state index >= 15 is 0 Å². The number of fused-ring (bicyclic) bond motifs is 1. The summed E-state index contributed by atoms with van der Waals surface area (Å²) in [4.78, 5) is 14.1. The number of hydrogen-bond donors (Lipinski definition) is 1. The molecule has 1 heterocycles. The third kappa shape index (κ3) is 3.62. The molecule has 5 nitrogen and oxygen atoms in total. The summed E-state index contributed by atoms with van der Waals surface area (Å²) in [6.07, 6.45) is 1.02. The molecule has 3 rings (SSSR count). The van der Waals surface area contributed by atoms with Crippen LogP contribution < -0.4 is 10.1 Å². The summed E-state index contributed by atoms with van der Waals surface area (Å²) in [7, 11) is 3.48. The second-order valence-electron chi connectivity index (χ2n) is 6.24. The van der Waals surface area contributed by atoms with Crippen LogP contribution in [0.5, 0.6) is 5.75 Å². The SMILES string of the molecule is COc1ccc2ccccc2c1CNC(=O)N(C)C[C@@H]1CCOC1. The number of nitrogens with zero attached hydrogens (tertiary/aromatic N) is 1. The molecule has 1 atom stereocenters. The molecule has 2 amide bonds. The molecule has 2 aromatic rings. The fourth-order valence-electron chi connectivity index (χ4n) is 3.19. The van der Waals surface area contributed by atoms with Crippen molar-refractivity contribution in [1.29, 1.82) is 0 Å². The van der Waals surface area contributed by atoms with Crippen molar-refractivity contribution in [3.63, 3.8) is 0 Å². The van der Waals surface area contributed by atoms with Crippen molar-refractivity contribution in [3.8, 4) is 5.75 Å². The zero-order chi connectivity index (χ0) is 16.9. The number of urea groups is 1. The van der Waals surface area contributed by atoms with Crippen LogP contribution in [0.4, 0.5) is 4.79 Å². The molecule has 0 radical (unpaired) electrons. The summed E-state index contributed by atoms with van der Waals surface area (Å²) in [5.74, 6) is 1.23. The van der Waals surface area contributed by atoms with E-state index in [0.29, 0.717) is 12.5 Å². The normalized spacial score (nSPS) is 17.0. The van der Waals surface area contributed by atoms with Gasteiger partial charge in [-0.25, -0.2) is 4.79 Å². The van der Waals surface area contributed by atoms with Gasteiger partial charge in [0.15, 0.2) is 0 Å². The quantitative estimate of drug-likeness (QED) is 0.918. The van der Waals surface area contributed by atoms with Gasteiger partial charge in [0.05, 0.1) is 13.7 Å². The molecule has 2 aromatic carbocycles. The molecule has 0 bridgehead atoms. The lowest BCUT2D eigenvalue weighted by Crippen LogP contribution is -2.39. The van der Waals surface area contributed by atoms with Gasteiger partial charge in [-0.1, -0.05) is 30.3 Å². The standard InChI is InChI=1S/C19H24N2O3/c1-21(12-14-9-10-24-13-14)19(22)20-11-17-16-6-4-3-5-15(16)7-8-18(17)23-2/h3-8,14H,9-13H2,1-2H3,(H,20,22)/t14-/m0/s1. The molecule has 1 fully saturated rings. The van der Waals surface area contributed by atoms with E-state index in [1.807, 2.05) is 31.3 Å². The molecule has 128 valence electrons. The molecule has 1 aliphatic rings. The number of nitrogens with one attached hydrogen (secondary N) is 1. The maximum atomic E-state index is 12.4. The van der Waals surface area contributed by atoms with Gasteiger partial charge in [0.25, 0.3) is 0 Å². The minimum Gasteiger partial charge on any atom is -0.496 e. The van der Waals surface area contributed by atoms with Crippen LogP contribution in [0.25, 0.3) is 10.8 Å². The molecule has 0 aromatic heterocycles. The maximum absolute atomic E-state index is 12.4. The van der Waals surface area contributed by atoms with Crippen LogP contribution in [0.2, 0.25) is 0 Å². The van der Waals surface area contributed by atoms with Crippen molar-refractivity contribution in [2.75, 3.05) is 33.9 Å². The summed E-state index contributed by atoms with van der Waals surface area (Å²) in [5.41, 5.74) is 1.00. The highest BCUT2D eigenvalue weighted by Gasteiger charge is 2.20. The third-order valence-corrected chi connectivity index (χ3v) is 4.54. The predicted molar refractivity (Wildman–Crippen MR) is 94.3 cm³/mol. The Labute approximate surface area is 142 Å². The van der Waals surface area contributed by atoms with E-state index in [4.69, 9.17) is 9.47 Å². The number of hydrogen-bond acceptors (Lipinski definition) is 3. The van der Waals surface area contributed by atoms with Gasteiger partial charge in [-0.15, -0.1) is 0 Å². The molecule has 0 unspecified atom stereocenters. The topological polar surface area (TPSA) is 50.8 Å². The number of methoxy groups -OCH3 is 1. The van der Waals surface area contributed by atoms with Crippen LogP contribution in [0, 0.1) is 5.92 Å². The fourth-order valence-corrected chi connectivity index (χ4v) is 3.19. The van der Waals surface area contributed by atoms with Gasteiger partial charge in [-0.2, -0.15) is 0 Å². The van der Waals surface area contributed by atoms with Gasteiger partial charge in [-0.05, 0) is 23.3 Å². The van der Waals surface area contributed by atoms with Crippen molar-refractivity contribution >= 4 is 16.8 Å². The number of carbonyl (C=O) groups excluding carboxylic acids is 1. The van der Waals surface area contributed by atoms with Crippen LogP contribution in [0.15, 0.2) is 36.4 Å². The van der Waals surface area contributed by atoms with Crippen molar-refractivity contribution in [2.24, 2.45) is 5.92 Å². The minimum atomic E-state index is -0.0723. The van der Waals surface area contributed by atoms with Gasteiger partial charge < -0.3 is 19.7 Å². The lowest BCUT2D eigenvalue weighted by molar-refractivity contribution is 0.171. The second kappa shape index (κ2) is 7.53. The van der Waals surface area contributed by atoms with E-state index in [9.17, 15) is 4.79 Å².